The van der Waals surface area contributed by atoms with E-state index < -0.39 is 28.2 Å². The molecule has 0 aliphatic heterocycles. The summed E-state index contributed by atoms with van der Waals surface area (Å²) >= 11 is 0. The lowest BCUT2D eigenvalue weighted by atomic mass is 10.2. The summed E-state index contributed by atoms with van der Waals surface area (Å²) in [6, 6.07) is 17.6. The normalized spacial score (nSPS) is 12.2. The number of nitro benzene ring substituents is 1. The monoisotopic (exact) mass is 528 g/mol. The van der Waals surface area contributed by atoms with Crippen LogP contribution in [0.4, 0.5) is 5.69 Å². The van der Waals surface area contributed by atoms with E-state index in [0.29, 0.717) is 27.6 Å². The number of aromatic nitrogens is 2. The third kappa shape index (κ3) is 4.78. The van der Waals surface area contributed by atoms with E-state index in [0.717, 1.165) is 4.68 Å². The average molecular weight is 528 g/mol. The van der Waals surface area contributed by atoms with Gasteiger partial charge < -0.3 is 19.0 Å². The molecule has 0 spiro atoms. The second-order valence-corrected chi connectivity index (χ2v) is 8.38. The zero-order chi connectivity index (χ0) is 27.7. The van der Waals surface area contributed by atoms with Crippen LogP contribution in [0.2, 0.25) is 0 Å². The number of aliphatic carboxylic acids is 1. The van der Waals surface area contributed by atoms with Crippen molar-refractivity contribution in [1.82, 2.24) is 9.66 Å². The van der Waals surface area contributed by atoms with Crippen LogP contribution in [0.15, 0.2) is 81.0 Å². The van der Waals surface area contributed by atoms with Crippen LogP contribution < -0.4 is 15.0 Å². The lowest BCUT2D eigenvalue weighted by Crippen LogP contribution is -2.23. The van der Waals surface area contributed by atoms with E-state index in [2.05, 4.69) is 10.1 Å². The summed E-state index contributed by atoms with van der Waals surface area (Å²) in [7, 11) is 1.54. The number of carboxylic acid groups (broad SMARTS) is 1. The Morgan fingerprint density at radius 2 is 1.92 bits per heavy atom. The van der Waals surface area contributed by atoms with E-state index in [1.165, 1.54) is 38.4 Å². The minimum Gasteiger partial charge on any atom is -0.496 e. The number of ether oxygens (including phenoxy) is 2. The number of furan rings is 1. The molecule has 39 heavy (non-hydrogen) atoms. The topological polar surface area (TPSA) is 159 Å². The van der Waals surface area contributed by atoms with Gasteiger partial charge in [-0.05, 0) is 49.4 Å². The first-order chi connectivity index (χ1) is 18.8. The van der Waals surface area contributed by atoms with Crippen LogP contribution in [0.3, 0.4) is 0 Å². The van der Waals surface area contributed by atoms with Gasteiger partial charge >= 0.3 is 11.7 Å². The van der Waals surface area contributed by atoms with Crippen molar-refractivity contribution < 1.29 is 28.7 Å². The van der Waals surface area contributed by atoms with Crippen molar-refractivity contribution in [3.8, 4) is 23.1 Å². The van der Waals surface area contributed by atoms with E-state index in [1.807, 2.05) is 0 Å². The van der Waals surface area contributed by atoms with Gasteiger partial charge in [0.05, 0.1) is 34.5 Å². The molecule has 12 nitrogen and oxygen atoms in total. The number of carbonyl (C=O) groups is 1. The third-order valence-corrected chi connectivity index (χ3v) is 5.87. The molecule has 5 rings (SSSR count). The van der Waals surface area contributed by atoms with Gasteiger partial charge in [-0.1, -0.05) is 18.2 Å². The highest BCUT2D eigenvalue weighted by Crippen LogP contribution is 2.33. The number of hydrogen-bond donors (Lipinski definition) is 1. The SMILES string of the molecule is COc1cccc2oc(-c3nc4ccccc4c(=O)n3N=Cc3ccc(O[C@@H](C)C(=O)O)c([N+](=O)[O-])c3)cc12. The fraction of sp³-hybridized carbons (Fsp3) is 0.111. The second kappa shape index (κ2) is 10.1. The molecule has 2 aromatic heterocycles. The molecule has 0 unspecified atom stereocenters. The van der Waals surface area contributed by atoms with Crippen LogP contribution in [0.25, 0.3) is 33.5 Å². The Morgan fingerprint density at radius 1 is 1.13 bits per heavy atom. The maximum Gasteiger partial charge on any atom is 0.344 e. The van der Waals surface area contributed by atoms with E-state index in [4.69, 9.17) is 19.0 Å². The Morgan fingerprint density at radius 3 is 2.67 bits per heavy atom. The zero-order valence-electron chi connectivity index (χ0n) is 20.6. The fourth-order valence-corrected chi connectivity index (χ4v) is 3.93. The van der Waals surface area contributed by atoms with Gasteiger partial charge in [0.25, 0.3) is 5.56 Å². The minimum absolute atomic E-state index is 0.109. The molecule has 0 amide bonds. The van der Waals surface area contributed by atoms with Crippen LogP contribution >= 0.6 is 0 Å². The number of nitrogens with zero attached hydrogens (tertiary/aromatic N) is 4. The van der Waals surface area contributed by atoms with Crippen molar-refractivity contribution in [1.29, 1.82) is 0 Å². The Bertz CT molecular complexity index is 1840. The average Bonchev–Trinajstić information content (AvgIpc) is 3.37. The molecule has 196 valence electrons. The highest BCUT2D eigenvalue weighted by Gasteiger charge is 2.22. The van der Waals surface area contributed by atoms with E-state index in [9.17, 15) is 19.7 Å². The van der Waals surface area contributed by atoms with E-state index in [1.54, 1.807) is 48.5 Å². The Balaban J connectivity index is 1.63. The molecule has 5 aromatic rings. The van der Waals surface area contributed by atoms with Crippen molar-refractivity contribution in [3.63, 3.8) is 0 Å². The number of para-hydroxylation sites is 1. The summed E-state index contributed by atoms with van der Waals surface area (Å²) in [5, 5.41) is 26.0. The van der Waals surface area contributed by atoms with Gasteiger partial charge in [0.15, 0.2) is 17.6 Å². The first kappa shape index (κ1) is 25.1. The lowest BCUT2D eigenvalue weighted by Gasteiger charge is -2.10. The molecule has 2 heterocycles. The van der Waals surface area contributed by atoms with Gasteiger partial charge in [-0.3, -0.25) is 14.9 Å². The second-order valence-electron chi connectivity index (χ2n) is 8.38. The summed E-state index contributed by atoms with van der Waals surface area (Å²) in [5.41, 5.74) is 0.268. The quantitative estimate of drug-likeness (QED) is 0.174. The highest BCUT2D eigenvalue weighted by atomic mass is 16.6. The maximum absolute atomic E-state index is 13.5. The number of hydrogen-bond acceptors (Lipinski definition) is 9. The van der Waals surface area contributed by atoms with Crippen LogP contribution in [0.5, 0.6) is 11.5 Å². The van der Waals surface area contributed by atoms with Gasteiger partial charge in [-0.2, -0.15) is 9.78 Å². The predicted molar refractivity (Wildman–Crippen MR) is 142 cm³/mol. The summed E-state index contributed by atoms with van der Waals surface area (Å²) in [4.78, 5) is 40.1. The molecule has 0 aliphatic carbocycles. The number of benzene rings is 3. The van der Waals surface area contributed by atoms with E-state index >= 15 is 0 Å². The van der Waals surface area contributed by atoms with Crippen molar-refractivity contribution in [2.24, 2.45) is 5.10 Å². The summed E-state index contributed by atoms with van der Waals surface area (Å²) < 4.78 is 17.6. The molecule has 1 N–H and O–H groups in total. The number of carboxylic acids is 1. The van der Waals surface area contributed by atoms with Crippen LogP contribution in [-0.2, 0) is 4.79 Å². The molecule has 1 atom stereocenters. The maximum atomic E-state index is 13.5. The van der Waals surface area contributed by atoms with Crippen LogP contribution in [-0.4, -0.2) is 45.1 Å². The molecule has 0 bridgehead atoms. The largest absolute Gasteiger partial charge is 0.496 e. The van der Waals surface area contributed by atoms with Crippen LogP contribution in [0, 0.1) is 10.1 Å². The molecule has 0 radical (unpaired) electrons. The molecule has 3 aromatic carbocycles. The molecule has 0 saturated heterocycles. The highest BCUT2D eigenvalue weighted by molar-refractivity contribution is 5.89. The smallest absolute Gasteiger partial charge is 0.344 e. The standard InChI is InChI=1S/C27H20N4O8/c1-15(27(33)34)38-23-11-10-16(12-20(23)31(35)36)14-28-30-25(29-19-7-4-3-6-17(19)26(30)32)24-13-18-21(37-2)8-5-9-22(18)39-24/h3-15H,1-2H3,(H,33,34)/t15-/m0/s1. The van der Waals surface area contributed by atoms with Crippen molar-refractivity contribution in [2.75, 3.05) is 7.11 Å². The van der Waals surface area contributed by atoms with Gasteiger partial charge in [0, 0.05) is 11.6 Å². The zero-order valence-corrected chi connectivity index (χ0v) is 20.6. The number of fused-ring (bicyclic) bond motifs is 2. The molecule has 0 fully saturated rings. The van der Waals surface area contributed by atoms with Gasteiger partial charge in [-0.15, -0.1) is 0 Å². The van der Waals surface area contributed by atoms with E-state index in [-0.39, 0.29) is 22.9 Å². The van der Waals surface area contributed by atoms with Crippen molar-refractivity contribution >= 4 is 39.7 Å². The molecule has 0 aliphatic rings. The Hall–Kier alpha value is -5.52. The third-order valence-electron chi connectivity index (χ3n) is 5.87. The fourth-order valence-electron chi connectivity index (χ4n) is 3.93. The number of methoxy groups -OCH3 is 1. The number of rotatable bonds is 8. The van der Waals surface area contributed by atoms with Crippen molar-refractivity contribution in [2.45, 2.75) is 13.0 Å². The van der Waals surface area contributed by atoms with Crippen molar-refractivity contribution in [3.05, 3.63) is 92.8 Å². The first-order valence-corrected chi connectivity index (χ1v) is 11.6. The Kier molecular flexibility index (Phi) is 6.51. The number of nitro groups is 1. The summed E-state index contributed by atoms with van der Waals surface area (Å²) in [6.07, 6.45) is -0.0439. The first-order valence-electron chi connectivity index (χ1n) is 11.6. The molecular formula is C27H20N4O8. The predicted octanol–water partition coefficient (Wildman–Crippen LogP) is 4.46. The molecule has 0 saturated carbocycles. The van der Waals surface area contributed by atoms with Gasteiger partial charge in [0.1, 0.15) is 11.3 Å². The molecule has 12 heteroatoms. The summed E-state index contributed by atoms with van der Waals surface area (Å²) in [5.74, 6) is -0.542. The van der Waals surface area contributed by atoms with Gasteiger partial charge in [-0.25, -0.2) is 9.78 Å². The van der Waals surface area contributed by atoms with Crippen LogP contribution in [0.1, 0.15) is 12.5 Å². The molecular weight excluding hydrogens is 508 g/mol. The lowest BCUT2D eigenvalue weighted by molar-refractivity contribution is -0.386. The summed E-state index contributed by atoms with van der Waals surface area (Å²) in [6.45, 7) is 1.26. The minimum atomic E-state index is -1.30. The van der Waals surface area contributed by atoms with Gasteiger partial charge in [0.2, 0.25) is 5.82 Å². The Labute approximate surface area is 219 Å².